The lowest BCUT2D eigenvalue weighted by Crippen LogP contribution is -2.01. The first kappa shape index (κ1) is 20.7. The standard InChI is InChI=1S/C21H12Br2Cl2OS/c22-15-4-1-13(2-5-15)21(26)20(27-18-9-6-16(23)7-10-18)11-14-3-8-17(24)12-19(14)25/h1-12H/b20-11-. The number of carbonyl (C=O) groups is 1. The maximum absolute atomic E-state index is 13.1. The highest BCUT2D eigenvalue weighted by Gasteiger charge is 2.15. The van der Waals surface area contributed by atoms with Gasteiger partial charge in [0.2, 0.25) is 0 Å². The zero-order chi connectivity index (χ0) is 19.4. The Morgan fingerprint density at radius 3 is 2.04 bits per heavy atom. The minimum atomic E-state index is -0.0681. The summed E-state index contributed by atoms with van der Waals surface area (Å²) in [7, 11) is 0. The highest BCUT2D eigenvalue weighted by molar-refractivity contribution is 9.10. The summed E-state index contributed by atoms with van der Waals surface area (Å²) in [6, 6.07) is 20.3. The van der Waals surface area contributed by atoms with E-state index in [-0.39, 0.29) is 5.78 Å². The van der Waals surface area contributed by atoms with Gasteiger partial charge in [-0.3, -0.25) is 4.79 Å². The van der Waals surface area contributed by atoms with Gasteiger partial charge in [0.1, 0.15) is 0 Å². The van der Waals surface area contributed by atoms with E-state index in [0.29, 0.717) is 20.5 Å². The molecule has 0 saturated heterocycles. The summed E-state index contributed by atoms with van der Waals surface area (Å²) in [6.45, 7) is 0. The molecule has 0 saturated carbocycles. The van der Waals surface area contributed by atoms with Crippen molar-refractivity contribution in [2.75, 3.05) is 0 Å². The van der Waals surface area contributed by atoms with Crippen LogP contribution in [0.25, 0.3) is 6.08 Å². The molecule has 0 radical (unpaired) electrons. The molecule has 0 aliphatic carbocycles. The van der Waals surface area contributed by atoms with E-state index in [1.165, 1.54) is 11.8 Å². The number of halogens is 4. The molecular weight excluding hydrogens is 531 g/mol. The Bertz CT molecular complexity index is 1000. The van der Waals surface area contributed by atoms with E-state index in [0.717, 1.165) is 19.4 Å². The molecule has 136 valence electrons. The van der Waals surface area contributed by atoms with Crippen molar-refractivity contribution in [1.29, 1.82) is 0 Å². The van der Waals surface area contributed by atoms with Gasteiger partial charge in [0.15, 0.2) is 5.78 Å². The number of hydrogen-bond acceptors (Lipinski definition) is 2. The van der Waals surface area contributed by atoms with Crippen LogP contribution < -0.4 is 0 Å². The SMILES string of the molecule is O=C(/C(=C/c1ccc(Cl)cc1Cl)Sc1ccc(Br)cc1)c1ccc(Br)cc1. The molecule has 3 aromatic rings. The number of Topliss-reactive ketones (excluding diaryl/α,β-unsaturated/α-hetero) is 1. The molecule has 0 unspecified atom stereocenters. The van der Waals surface area contributed by atoms with Gasteiger partial charge in [0.05, 0.1) is 4.91 Å². The molecule has 0 fully saturated rings. The number of ketones is 1. The first-order valence-electron chi connectivity index (χ1n) is 7.83. The Morgan fingerprint density at radius 1 is 0.852 bits per heavy atom. The quantitative estimate of drug-likeness (QED) is 0.182. The van der Waals surface area contributed by atoms with Crippen molar-refractivity contribution in [2.45, 2.75) is 4.90 Å². The van der Waals surface area contributed by atoms with E-state index < -0.39 is 0 Å². The van der Waals surface area contributed by atoms with Crippen molar-refractivity contribution in [2.24, 2.45) is 0 Å². The van der Waals surface area contributed by atoms with Crippen LogP contribution in [0.2, 0.25) is 10.0 Å². The maximum atomic E-state index is 13.1. The topological polar surface area (TPSA) is 17.1 Å². The number of thioether (sulfide) groups is 1. The summed E-state index contributed by atoms with van der Waals surface area (Å²) >= 11 is 20.5. The molecule has 6 heteroatoms. The maximum Gasteiger partial charge on any atom is 0.199 e. The molecule has 0 aromatic heterocycles. The number of hydrogen-bond donors (Lipinski definition) is 0. The number of allylic oxidation sites excluding steroid dienone is 1. The molecule has 3 rings (SSSR count). The average molecular weight is 543 g/mol. The average Bonchev–Trinajstić information content (AvgIpc) is 2.65. The molecule has 27 heavy (non-hydrogen) atoms. The molecule has 0 atom stereocenters. The minimum Gasteiger partial charge on any atom is -0.288 e. The summed E-state index contributed by atoms with van der Waals surface area (Å²) in [4.78, 5) is 14.7. The minimum absolute atomic E-state index is 0.0681. The third-order valence-corrected chi connectivity index (χ3v) is 6.27. The number of carbonyl (C=O) groups excluding carboxylic acids is 1. The van der Waals surface area contributed by atoms with Gasteiger partial charge in [0, 0.05) is 29.4 Å². The molecule has 0 amide bonds. The number of rotatable bonds is 5. The predicted octanol–water partition coefficient (Wildman–Crippen LogP) is 8.53. The van der Waals surface area contributed by atoms with Gasteiger partial charge in [-0.25, -0.2) is 0 Å². The lowest BCUT2D eigenvalue weighted by Gasteiger charge is -2.09. The molecule has 3 aromatic carbocycles. The Kier molecular flexibility index (Phi) is 7.23. The van der Waals surface area contributed by atoms with E-state index in [1.807, 2.05) is 42.5 Å². The third-order valence-electron chi connectivity index (χ3n) is 3.62. The van der Waals surface area contributed by atoms with Crippen LogP contribution in [0.1, 0.15) is 15.9 Å². The second kappa shape index (κ2) is 9.44. The lowest BCUT2D eigenvalue weighted by molar-refractivity contribution is 0.104. The molecular formula is C21H12Br2Cl2OS. The first-order chi connectivity index (χ1) is 12.9. The summed E-state index contributed by atoms with van der Waals surface area (Å²) in [6.07, 6.45) is 1.80. The highest BCUT2D eigenvalue weighted by Crippen LogP contribution is 2.33. The Labute approximate surface area is 189 Å². The van der Waals surface area contributed by atoms with Crippen molar-refractivity contribution >= 4 is 78.7 Å². The summed E-state index contributed by atoms with van der Waals surface area (Å²) in [5, 5.41) is 1.05. The Hall–Kier alpha value is -1.04. The molecule has 0 aliphatic rings. The fourth-order valence-electron chi connectivity index (χ4n) is 2.27. The largest absolute Gasteiger partial charge is 0.288 e. The smallest absolute Gasteiger partial charge is 0.199 e. The zero-order valence-electron chi connectivity index (χ0n) is 13.8. The van der Waals surface area contributed by atoms with Crippen LogP contribution in [0.5, 0.6) is 0 Å². The first-order valence-corrected chi connectivity index (χ1v) is 11.0. The van der Waals surface area contributed by atoms with E-state index in [4.69, 9.17) is 23.2 Å². The molecule has 0 N–H and O–H groups in total. The van der Waals surface area contributed by atoms with Crippen molar-refractivity contribution in [1.82, 2.24) is 0 Å². The van der Waals surface area contributed by atoms with Gasteiger partial charge in [0.25, 0.3) is 0 Å². The van der Waals surface area contributed by atoms with Crippen LogP contribution in [0.15, 0.2) is 85.5 Å². The van der Waals surface area contributed by atoms with Crippen LogP contribution in [-0.2, 0) is 0 Å². The summed E-state index contributed by atoms with van der Waals surface area (Å²) < 4.78 is 1.91. The summed E-state index contributed by atoms with van der Waals surface area (Å²) in [5.74, 6) is -0.0681. The number of benzene rings is 3. The highest BCUT2D eigenvalue weighted by atomic mass is 79.9. The third kappa shape index (κ3) is 5.72. The van der Waals surface area contributed by atoms with Gasteiger partial charge < -0.3 is 0 Å². The van der Waals surface area contributed by atoms with Crippen LogP contribution in [0, 0.1) is 0 Å². The van der Waals surface area contributed by atoms with Crippen LogP contribution in [0.4, 0.5) is 0 Å². The van der Waals surface area contributed by atoms with Gasteiger partial charge >= 0.3 is 0 Å². The van der Waals surface area contributed by atoms with Crippen molar-refractivity contribution in [3.05, 3.63) is 102 Å². The van der Waals surface area contributed by atoms with Crippen molar-refractivity contribution in [3.63, 3.8) is 0 Å². The van der Waals surface area contributed by atoms with E-state index in [1.54, 1.807) is 30.3 Å². The van der Waals surface area contributed by atoms with Gasteiger partial charge in [-0.1, -0.05) is 72.9 Å². The predicted molar refractivity (Wildman–Crippen MR) is 123 cm³/mol. The lowest BCUT2D eigenvalue weighted by atomic mass is 10.1. The van der Waals surface area contributed by atoms with Gasteiger partial charge in [-0.2, -0.15) is 0 Å². The Morgan fingerprint density at radius 2 is 1.44 bits per heavy atom. The van der Waals surface area contributed by atoms with Crippen LogP contribution >= 0.6 is 66.8 Å². The normalized spacial score (nSPS) is 11.5. The van der Waals surface area contributed by atoms with Crippen LogP contribution in [0.3, 0.4) is 0 Å². The molecule has 0 heterocycles. The second-order valence-electron chi connectivity index (χ2n) is 5.57. The van der Waals surface area contributed by atoms with Crippen molar-refractivity contribution < 1.29 is 4.79 Å². The van der Waals surface area contributed by atoms with E-state index in [2.05, 4.69) is 31.9 Å². The molecule has 1 nitrogen and oxygen atoms in total. The molecule has 0 bridgehead atoms. The fourth-order valence-corrected chi connectivity index (χ4v) is 4.19. The van der Waals surface area contributed by atoms with Crippen LogP contribution in [-0.4, -0.2) is 5.78 Å². The summed E-state index contributed by atoms with van der Waals surface area (Å²) in [5.41, 5.74) is 1.35. The molecule has 0 spiro atoms. The van der Waals surface area contributed by atoms with E-state index in [9.17, 15) is 4.79 Å². The monoisotopic (exact) mass is 540 g/mol. The van der Waals surface area contributed by atoms with Gasteiger partial charge in [-0.15, -0.1) is 0 Å². The second-order valence-corrected chi connectivity index (χ2v) is 9.36. The van der Waals surface area contributed by atoms with E-state index >= 15 is 0 Å². The zero-order valence-corrected chi connectivity index (χ0v) is 19.3. The van der Waals surface area contributed by atoms with Crippen molar-refractivity contribution in [3.8, 4) is 0 Å². The molecule has 0 aliphatic heterocycles. The Balaban J connectivity index is 2.01. The fraction of sp³-hybridized carbons (Fsp3) is 0. The van der Waals surface area contributed by atoms with Gasteiger partial charge in [-0.05, 0) is 72.3 Å².